The van der Waals surface area contributed by atoms with Crippen LogP contribution in [0.4, 0.5) is 5.69 Å². The second kappa shape index (κ2) is 4.65. The van der Waals surface area contributed by atoms with Gasteiger partial charge in [-0.2, -0.15) is 0 Å². The van der Waals surface area contributed by atoms with Crippen LogP contribution in [0.15, 0.2) is 34.2 Å². The Balaban J connectivity index is 0.000000461. The molecule has 14 heavy (non-hydrogen) atoms. The van der Waals surface area contributed by atoms with Crippen LogP contribution in [-0.2, 0) is 0 Å². The molecule has 0 bridgehead atoms. The van der Waals surface area contributed by atoms with Crippen LogP contribution in [0, 0.1) is 0 Å². The number of fused-ring (bicyclic) bond motifs is 1. The van der Waals surface area contributed by atoms with Crippen molar-refractivity contribution in [2.45, 2.75) is 37.3 Å². The fourth-order valence-corrected chi connectivity index (χ4v) is 2.23. The van der Waals surface area contributed by atoms with E-state index in [0.29, 0.717) is 0 Å². The van der Waals surface area contributed by atoms with Crippen molar-refractivity contribution < 1.29 is 0 Å². The Morgan fingerprint density at radius 1 is 1.14 bits per heavy atom. The van der Waals surface area contributed by atoms with E-state index >= 15 is 0 Å². The van der Waals surface area contributed by atoms with Gasteiger partial charge in [0.25, 0.3) is 0 Å². The van der Waals surface area contributed by atoms with Crippen LogP contribution in [-0.4, -0.2) is 11.0 Å². The summed E-state index contributed by atoms with van der Waals surface area (Å²) in [6, 6.07) is 8.25. The average Bonchev–Trinajstić information content (AvgIpc) is 2.19. The smallest absolute Gasteiger partial charge is 0.0762 e. The highest BCUT2D eigenvalue weighted by Crippen LogP contribution is 2.40. The zero-order chi connectivity index (χ0) is 10.6. The molecule has 1 nitrogen and oxygen atoms in total. The first-order valence-electron chi connectivity index (χ1n) is 5.01. The fraction of sp³-hybridized carbons (Fsp3) is 0.417. The van der Waals surface area contributed by atoms with Crippen molar-refractivity contribution in [2.75, 3.05) is 0 Å². The van der Waals surface area contributed by atoms with E-state index in [1.165, 1.54) is 4.90 Å². The molecule has 0 aliphatic carbocycles. The Morgan fingerprint density at radius 3 is 2.50 bits per heavy atom. The van der Waals surface area contributed by atoms with Gasteiger partial charge in [0.05, 0.1) is 10.4 Å². The maximum absolute atomic E-state index is 4.40. The number of para-hydroxylation sites is 1. The molecular weight excluding hydrogens is 190 g/mol. The van der Waals surface area contributed by atoms with Gasteiger partial charge >= 0.3 is 0 Å². The molecule has 2 heteroatoms. The molecule has 0 aromatic heterocycles. The molecule has 0 radical (unpaired) electrons. The van der Waals surface area contributed by atoms with Gasteiger partial charge in [0.1, 0.15) is 0 Å². The number of nitrogens with zero attached hydrogens (tertiary/aromatic N) is 1. The first-order chi connectivity index (χ1) is 6.67. The normalized spacial score (nSPS) is 16.6. The third-order valence-corrected chi connectivity index (χ3v) is 2.95. The quantitative estimate of drug-likeness (QED) is 0.618. The molecule has 0 spiro atoms. The summed E-state index contributed by atoms with van der Waals surface area (Å²) in [6.07, 6.45) is 2.01. The van der Waals surface area contributed by atoms with Crippen molar-refractivity contribution in [3.63, 3.8) is 0 Å². The summed E-state index contributed by atoms with van der Waals surface area (Å²) in [5.41, 5.74) is 1.10. The summed E-state index contributed by atoms with van der Waals surface area (Å²) in [5.74, 6) is 0. The van der Waals surface area contributed by atoms with Crippen molar-refractivity contribution in [1.29, 1.82) is 0 Å². The highest BCUT2D eigenvalue weighted by molar-refractivity contribution is 8.01. The zero-order valence-corrected chi connectivity index (χ0v) is 10.1. The third kappa shape index (κ3) is 2.61. The predicted octanol–water partition coefficient (Wildman–Crippen LogP) is 4.30. The van der Waals surface area contributed by atoms with Gasteiger partial charge < -0.3 is 0 Å². The minimum atomic E-state index is 0.147. The largest absolute Gasteiger partial charge is 0.259 e. The van der Waals surface area contributed by atoms with E-state index in [2.05, 4.69) is 31.0 Å². The van der Waals surface area contributed by atoms with Crippen LogP contribution in [0.5, 0.6) is 0 Å². The second-order valence-corrected chi connectivity index (χ2v) is 5.13. The Labute approximate surface area is 90.6 Å². The number of thioether (sulfide) groups is 1. The van der Waals surface area contributed by atoms with Crippen molar-refractivity contribution in [3.8, 4) is 0 Å². The number of hydrogen-bond acceptors (Lipinski definition) is 2. The van der Waals surface area contributed by atoms with Crippen molar-refractivity contribution in [3.05, 3.63) is 24.3 Å². The summed E-state index contributed by atoms with van der Waals surface area (Å²) in [4.78, 5) is 5.68. The highest BCUT2D eigenvalue weighted by Gasteiger charge is 2.21. The summed E-state index contributed by atoms with van der Waals surface area (Å²) in [5, 5.41) is 0. The number of hydrogen-bond donors (Lipinski definition) is 0. The van der Waals surface area contributed by atoms with Gasteiger partial charge in [-0.25, -0.2) is 0 Å². The Bertz CT molecular complexity index is 329. The monoisotopic (exact) mass is 207 g/mol. The summed E-state index contributed by atoms with van der Waals surface area (Å²) in [7, 11) is 0. The number of rotatable bonds is 0. The molecule has 0 amide bonds. The molecule has 1 aromatic carbocycles. The third-order valence-electron chi connectivity index (χ3n) is 1.75. The van der Waals surface area contributed by atoms with E-state index in [4.69, 9.17) is 0 Å². The molecule has 0 unspecified atom stereocenters. The molecule has 2 rings (SSSR count). The van der Waals surface area contributed by atoms with E-state index < -0.39 is 0 Å². The molecule has 76 valence electrons. The second-order valence-electron chi connectivity index (χ2n) is 3.43. The molecule has 0 saturated carbocycles. The molecule has 0 fully saturated rings. The summed E-state index contributed by atoms with van der Waals surface area (Å²) >= 11 is 1.86. The van der Waals surface area contributed by atoms with Crippen LogP contribution in [0.2, 0.25) is 0 Å². The van der Waals surface area contributed by atoms with Crippen molar-refractivity contribution in [1.82, 2.24) is 0 Å². The van der Waals surface area contributed by atoms with E-state index in [9.17, 15) is 0 Å². The number of benzene rings is 1. The van der Waals surface area contributed by atoms with Gasteiger partial charge in [-0.3, -0.25) is 4.99 Å². The maximum atomic E-state index is 4.40. The molecule has 1 aliphatic heterocycles. The van der Waals surface area contributed by atoms with Gasteiger partial charge in [-0.1, -0.05) is 26.0 Å². The Hall–Kier alpha value is -0.760. The topological polar surface area (TPSA) is 12.4 Å². The molecule has 0 atom stereocenters. The minimum absolute atomic E-state index is 0.147. The van der Waals surface area contributed by atoms with Gasteiger partial charge in [0, 0.05) is 11.1 Å². The zero-order valence-electron chi connectivity index (χ0n) is 9.24. The molecule has 1 aromatic rings. The SMILES string of the molecule is CC.CC1(C)C=Nc2ccccc2S1. The van der Waals surface area contributed by atoms with E-state index in [1.54, 1.807) is 0 Å². The first kappa shape index (κ1) is 11.3. The van der Waals surface area contributed by atoms with Gasteiger partial charge in [0.2, 0.25) is 0 Å². The lowest BCUT2D eigenvalue weighted by atomic mass is 10.2. The fourth-order valence-electron chi connectivity index (χ4n) is 1.18. The molecule has 1 aliphatic rings. The Kier molecular flexibility index (Phi) is 3.76. The lowest BCUT2D eigenvalue weighted by Crippen LogP contribution is -2.18. The van der Waals surface area contributed by atoms with Crippen LogP contribution < -0.4 is 0 Å². The first-order valence-corrected chi connectivity index (χ1v) is 5.82. The maximum Gasteiger partial charge on any atom is 0.0762 e. The van der Waals surface area contributed by atoms with Crippen LogP contribution >= 0.6 is 11.8 Å². The highest BCUT2D eigenvalue weighted by atomic mass is 32.2. The van der Waals surface area contributed by atoms with E-state index in [0.717, 1.165) is 5.69 Å². The molecular formula is C12H17NS. The van der Waals surface area contributed by atoms with Crippen molar-refractivity contribution >= 4 is 23.7 Å². The van der Waals surface area contributed by atoms with Gasteiger partial charge in [-0.15, -0.1) is 11.8 Å². The van der Waals surface area contributed by atoms with Crippen LogP contribution in [0.25, 0.3) is 0 Å². The van der Waals surface area contributed by atoms with Crippen LogP contribution in [0.3, 0.4) is 0 Å². The lowest BCUT2D eigenvalue weighted by molar-refractivity contribution is 0.961. The molecule has 0 saturated heterocycles. The number of aliphatic imine (C=N–C) groups is 1. The minimum Gasteiger partial charge on any atom is -0.259 e. The Morgan fingerprint density at radius 2 is 1.79 bits per heavy atom. The van der Waals surface area contributed by atoms with Crippen molar-refractivity contribution in [2.24, 2.45) is 4.99 Å². The predicted molar refractivity (Wildman–Crippen MR) is 65.9 cm³/mol. The molecule has 1 heterocycles. The van der Waals surface area contributed by atoms with Gasteiger partial charge in [-0.05, 0) is 26.0 Å². The summed E-state index contributed by atoms with van der Waals surface area (Å²) in [6.45, 7) is 8.36. The standard InChI is InChI=1S/C10H11NS.C2H6/c1-10(2)7-11-8-5-3-4-6-9(8)12-10;1-2/h3-7H,1-2H3;1-2H3. The lowest BCUT2D eigenvalue weighted by Gasteiger charge is -2.23. The van der Waals surface area contributed by atoms with Gasteiger partial charge in [0.15, 0.2) is 0 Å². The molecule has 0 N–H and O–H groups in total. The van der Waals surface area contributed by atoms with E-state index in [1.807, 2.05) is 44.0 Å². The average molecular weight is 207 g/mol. The van der Waals surface area contributed by atoms with Crippen LogP contribution in [0.1, 0.15) is 27.7 Å². The summed E-state index contributed by atoms with van der Waals surface area (Å²) < 4.78 is 0.147. The van der Waals surface area contributed by atoms with E-state index in [-0.39, 0.29) is 4.75 Å².